The zero-order valence-corrected chi connectivity index (χ0v) is 21.0. The van der Waals surface area contributed by atoms with E-state index in [1.165, 1.54) is 4.57 Å². The first-order chi connectivity index (χ1) is 17.4. The van der Waals surface area contributed by atoms with Crippen molar-refractivity contribution in [3.63, 3.8) is 0 Å². The maximum absolute atomic E-state index is 13.6. The Morgan fingerprint density at radius 1 is 0.833 bits per heavy atom. The van der Waals surface area contributed by atoms with Crippen LogP contribution in [0, 0.1) is 6.92 Å². The molecule has 4 aromatic rings. The average Bonchev–Trinajstić information content (AvgIpc) is 2.90. The molecule has 7 heteroatoms. The summed E-state index contributed by atoms with van der Waals surface area (Å²) >= 11 is 0. The van der Waals surface area contributed by atoms with Gasteiger partial charge in [-0.05, 0) is 73.2 Å². The van der Waals surface area contributed by atoms with Crippen molar-refractivity contribution in [1.29, 1.82) is 0 Å². The van der Waals surface area contributed by atoms with Crippen molar-refractivity contribution in [2.45, 2.75) is 26.3 Å². The Balaban J connectivity index is 1.65. The molecular formula is C29H30N2O5. The summed E-state index contributed by atoms with van der Waals surface area (Å²) < 4.78 is 17.6. The van der Waals surface area contributed by atoms with Crippen LogP contribution in [0.1, 0.15) is 16.7 Å². The molecule has 0 spiro atoms. The van der Waals surface area contributed by atoms with Gasteiger partial charge in [0.05, 0.1) is 26.8 Å². The fourth-order valence-corrected chi connectivity index (χ4v) is 4.17. The fraction of sp³-hybridized carbons (Fsp3) is 0.241. The number of anilines is 1. The summed E-state index contributed by atoms with van der Waals surface area (Å²) in [4.78, 5) is 26.5. The number of carbonyl (C=O) groups excluding carboxylic acids is 1. The van der Waals surface area contributed by atoms with Gasteiger partial charge in [-0.2, -0.15) is 0 Å². The highest BCUT2D eigenvalue weighted by Crippen LogP contribution is 2.28. The Hall–Kier alpha value is -4.26. The minimum absolute atomic E-state index is 0.111. The molecule has 0 atom stereocenters. The number of pyridine rings is 1. The highest BCUT2D eigenvalue weighted by Gasteiger charge is 2.14. The van der Waals surface area contributed by atoms with Gasteiger partial charge in [0.2, 0.25) is 5.91 Å². The van der Waals surface area contributed by atoms with Crippen LogP contribution in [0.15, 0.2) is 71.5 Å². The van der Waals surface area contributed by atoms with E-state index in [0.717, 1.165) is 16.5 Å². The number of rotatable bonds is 9. The zero-order valence-electron chi connectivity index (χ0n) is 21.0. The lowest BCUT2D eigenvalue weighted by atomic mass is 10.0. The number of carbonyl (C=O) groups is 1. The first kappa shape index (κ1) is 24.9. The Morgan fingerprint density at radius 2 is 1.58 bits per heavy atom. The van der Waals surface area contributed by atoms with Crippen molar-refractivity contribution in [1.82, 2.24) is 4.57 Å². The van der Waals surface area contributed by atoms with Crippen molar-refractivity contribution in [2.24, 2.45) is 0 Å². The number of nitrogens with zero attached hydrogens (tertiary/aromatic N) is 1. The van der Waals surface area contributed by atoms with Crippen molar-refractivity contribution in [3.8, 4) is 17.2 Å². The van der Waals surface area contributed by atoms with Crippen molar-refractivity contribution in [3.05, 3.63) is 93.8 Å². The number of aromatic nitrogens is 1. The summed E-state index contributed by atoms with van der Waals surface area (Å²) in [5, 5.41) is 3.75. The molecule has 0 bridgehead atoms. The number of hydrogen-bond donors (Lipinski definition) is 1. The molecular weight excluding hydrogens is 456 g/mol. The van der Waals surface area contributed by atoms with Gasteiger partial charge in [-0.15, -0.1) is 0 Å². The standard InChI is InChI=1S/C29H30N2O5/c1-19-5-11-23(12-6-19)30-28(32)18-31-25-17-24(34-2)13-10-21(25)16-22(29(31)33)9-7-20-8-14-26(35-3)27(15-20)36-4/h5-6,8,10-17H,7,9,18H2,1-4H3,(H,30,32). The second kappa shape index (κ2) is 11.0. The fourth-order valence-electron chi connectivity index (χ4n) is 4.17. The van der Waals surface area contributed by atoms with Crippen molar-refractivity contribution < 1.29 is 19.0 Å². The molecule has 0 aliphatic carbocycles. The molecule has 0 aliphatic heterocycles. The number of benzene rings is 3. The number of nitrogens with one attached hydrogen (secondary N) is 1. The van der Waals surface area contributed by atoms with E-state index in [-0.39, 0.29) is 18.0 Å². The highest BCUT2D eigenvalue weighted by molar-refractivity contribution is 5.92. The first-order valence-corrected chi connectivity index (χ1v) is 11.7. The Bertz CT molecular complexity index is 1440. The van der Waals surface area contributed by atoms with Crippen LogP contribution in [0.5, 0.6) is 17.2 Å². The summed E-state index contributed by atoms with van der Waals surface area (Å²) in [6.07, 6.45) is 1.14. The molecule has 36 heavy (non-hydrogen) atoms. The van der Waals surface area contributed by atoms with Crippen LogP contribution in [-0.2, 0) is 24.2 Å². The molecule has 1 heterocycles. The largest absolute Gasteiger partial charge is 0.497 e. The van der Waals surface area contributed by atoms with Crippen LogP contribution < -0.4 is 25.1 Å². The molecule has 4 rings (SSSR count). The topological polar surface area (TPSA) is 78.8 Å². The molecule has 0 saturated carbocycles. The Kier molecular flexibility index (Phi) is 7.59. The smallest absolute Gasteiger partial charge is 0.254 e. The lowest BCUT2D eigenvalue weighted by Crippen LogP contribution is -2.30. The molecule has 1 N–H and O–H groups in total. The van der Waals surface area contributed by atoms with Crippen molar-refractivity contribution >= 4 is 22.5 Å². The van der Waals surface area contributed by atoms with Gasteiger partial charge in [-0.25, -0.2) is 0 Å². The van der Waals surface area contributed by atoms with E-state index in [0.29, 0.717) is 46.9 Å². The van der Waals surface area contributed by atoms with Gasteiger partial charge in [-0.1, -0.05) is 23.8 Å². The number of ether oxygens (including phenoxy) is 3. The number of aryl methyl sites for hydroxylation is 3. The molecule has 1 amide bonds. The number of hydrogen-bond acceptors (Lipinski definition) is 5. The highest BCUT2D eigenvalue weighted by atomic mass is 16.5. The molecule has 3 aromatic carbocycles. The monoisotopic (exact) mass is 486 g/mol. The van der Waals surface area contributed by atoms with Crippen LogP contribution >= 0.6 is 0 Å². The summed E-state index contributed by atoms with van der Waals surface area (Å²) in [7, 11) is 4.77. The average molecular weight is 487 g/mol. The predicted octanol–water partition coefficient (Wildman–Crippen LogP) is 4.76. The molecule has 186 valence electrons. The molecule has 0 aliphatic rings. The summed E-state index contributed by atoms with van der Waals surface area (Å²) in [5.74, 6) is 1.64. The second-order valence-electron chi connectivity index (χ2n) is 8.59. The zero-order chi connectivity index (χ0) is 25.7. The maximum Gasteiger partial charge on any atom is 0.254 e. The van der Waals surface area contributed by atoms with Gasteiger partial charge in [0.25, 0.3) is 5.56 Å². The summed E-state index contributed by atoms with van der Waals surface area (Å²) in [5.41, 5.74) is 3.88. The number of methoxy groups -OCH3 is 3. The van der Waals surface area contributed by atoms with E-state index in [4.69, 9.17) is 14.2 Å². The number of amides is 1. The first-order valence-electron chi connectivity index (χ1n) is 11.7. The maximum atomic E-state index is 13.6. The third-order valence-electron chi connectivity index (χ3n) is 6.15. The van der Waals surface area contributed by atoms with E-state index in [2.05, 4.69) is 5.32 Å². The molecule has 0 saturated heterocycles. The van der Waals surface area contributed by atoms with E-state index in [1.807, 2.05) is 67.6 Å². The van der Waals surface area contributed by atoms with Gasteiger partial charge in [0, 0.05) is 17.3 Å². The van der Waals surface area contributed by atoms with Crippen molar-refractivity contribution in [2.75, 3.05) is 26.6 Å². The molecule has 0 unspecified atom stereocenters. The van der Waals surface area contributed by atoms with Crippen LogP contribution in [0.4, 0.5) is 5.69 Å². The second-order valence-corrected chi connectivity index (χ2v) is 8.59. The van der Waals surface area contributed by atoms with Crippen LogP contribution in [-0.4, -0.2) is 31.8 Å². The minimum atomic E-state index is -0.276. The van der Waals surface area contributed by atoms with Gasteiger partial charge < -0.3 is 19.5 Å². The summed E-state index contributed by atoms with van der Waals surface area (Å²) in [6, 6.07) is 20.7. The third kappa shape index (κ3) is 5.51. The van der Waals surface area contributed by atoms with Gasteiger partial charge >= 0.3 is 0 Å². The lowest BCUT2D eigenvalue weighted by Gasteiger charge is -2.15. The quantitative estimate of drug-likeness (QED) is 0.369. The van der Waals surface area contributed by atoms with Crippen LogP contribution in [0.25, 0.3) is 10.9 Å². The van der Waals surface area contributed by atoms with E-state index in [9.17, 15) is 9.59 Å². The Morgan fingerprint density at radius 3 is 2.28 bits per heavy atom. The van der Waals surface area contributed by atoms with E-state index >= 15 is 0 Å². The summed E-state index contributed by atoms with van der Waals surface area (Å²) in [6.45, 7) is 1.87. The van der Waals surface area contributed by atoms with Crippen LogP contribution in [0.2, 0.25) is 0 Å². The molecule has 0 fully saturated rings. The van der Waals surface area contributed by atoms with E-state index in [1.54, 1.807) is 27.4 Å². The Labute approximate surface area is 210 Å². The van der Waals surface area contributed by atoms with Gasteiger partial charge in [-0.3, -0.25) is 14.2 Å². The van der Waals surface area contributed by atoms with Gasteiger partial charge in [0.15, 0.2) is 11.5 Å². The normalized spacial score (nSPS) is 10.8. The molecule has 0 radical (unpaired) electrons. The number of fused-ring (bicyclic) bond motifs is 1. The van der Waals surface area contributed by atoms with E-state index < -0.39 is 0 Å². The predicted molar refractivity (Wildman–Crippen MR) is 142 cm³/mol. The molecule has 7 nitrogen and oxygen atoms in total. The van der Waals surface area contributed by atoms with Gasteiger partial charge in [0.1, 0.15) is 12.3 Å². The third-order valence-corrected chi connectivity index (χ3v) is 6.15. The SMILES string of the molecule is COc1ccc2cc(CCc3ccc(OC)c(OC)c3)c(=O)n(CC(=O)Nc3ccc(C)cc3)c2c1. The molecule has 1 aromatic heterocycles. The lowest BCUT2D eigenvalue weighted by molar-refractivity contribution is -0.116. The minimum Gasteiger partial charge on any atom is -0.497 e. The van der Waals surface area contributed by atoms with Crippen LogP contribution in [0.3, 0.4) is 0 Å².